The second-order valence-electron chi connectivity index (χ2n) is 3.74. The predicted molar refractivity (Wildman–Crippen MR) is 69.5 cm³/mol. The molecule has 1 heterocycles. The van der Waals surface area contributed by atoms with Crippen LogP contribution in [0.4, 0.5) is 0 Å². The molecular formula is C13H12ClN3O. The Balaban J connectivity index is 2.33. The number of benzene rings is 1. The largest absolute Gasteiger partial charge is 0.496 e. The number of hydrogen-bond acceptors (Lipinski definition) is 3. The molecule has 4 nitrogen and oxygen atoms in total. The van der Waals surface area contributed by atoms with E-state index in [0.717, 1.165) is 16.9 Å². The Kier molecular flexibility index (Phi) is 3.85. The molecule has 0 aliphatic carbocycles. The lowest BCUT2D eigenvalue weighted by Crippen LogP contribution is -1.96. The summed E-state index contributed by atoms with van der Waals surface area (Å²) in [7, 11) is 1.62. The van der Waals surface area contributed by atoms with Gasteiger partial charge in [0.05, 0.1) is 32.3 Å². The molecule has 0 fully saturated rings. The molecule has 0 spiro atoms. The molecule has 0 unspecified atom stereocenters. The van der Waals surface area contributed by atoms with Crippen molar-refractivity contribution >= 4 is 11.6 Å². The second-order valence-corrected chi connectivity index (χ2v) is 4.18. The van der Waals surface area contributed by atoms with Crippen molar-refractivity contribution < 1.29 is 4.74 Å². The monoisotopic (exact) mass is 261 g/mol. The number of methoxy groups -OCH3 is 1. The minimum absolute atomic E-state index is 0.438. The van der Waals surface area contributed by atoms with Crippen molar-refractivity contribution in [3.8, 4) is 22.9 Å². The van der Waals surface area contributed by atoms with E-state index < -0.39 is 0 Å². The van der Waals surface area contributed by atoms with Gasteiger partial charge >= 0.3 is 0 Å². The van der Waals surface area contributed by atoms with Crippen LogP contribution in [-0.4, -0.2) is 16.9 Å². The summed E-state index contributed by atoms with van der Waals surface area (Å²) in [6.07, 6.45) is 4.06. The van der Waals surface area contributed by atoms with Crippen molar-refractivity contribution in [1.29, 1.82) is 5.26 Å². The molecule has 5 heteroatoms. The maximum atomic E-state index is 8.54. The standard InChI is InChI=1S/C13H12ClN3O/c1-18-13-4-3-11(14)7-12(13)10-8-16-17(9-10)6-2-5-15/h3-4,7-9H,2,6H2,1H3. The molecule has 0 saturated carbocycles. The van der Waals surface area contributed by atoms with Crippen LogP contribution in [0.5, 0.6) is 5.75 Å². The van der Waals surface area contributed by atoms with Gasteiger partial charge in [-0.2, -0.15) is 10.4 Å². The fourth-order valence-corrected chi connectivity index (χ4v) is 1.87. The van der Waals surface area contributed by atoms with Crippen LogP contribution < -0.4 is 4.74 Å². The summed E-state index contributed by atoms with van der Waals surface area (Å²) in [5, 5.41) is 13.4. The number of aromatic nitrogens is 2. The molecule has 0 aliphatic rings. The average molecular weight is 262 g/mol. The van der Waals surface area contributed by atoms with E-state index in [0.29, 0.717) is 18.0 Å². The zero-order valence-corrected chi connectivity index (χ0v) is 10.7. The predicted octanol–water partition coefficient (Wildman–Crippen LogP) is 3.13. The number of halogens is 1. The number of nitrogens with zero attached hydrogens (tertiary/aromatic N) is 3. The topological polar surface area (TPSA) is 50.8 Å². The van der Waals surface area contributed by atoms with Gasteiger partial charge in [0.15, 0.2) is 0 Å². The number of nitriles is 1. The first-order chi connectivity index (χ1) is 8.74. The Hall–Kier alpha value is -1.99. The lowest BCUT2D eigenvalue weighted by molar-refractivity contribution is 0.416. The molecule has 0 N–H and O–H groups in total. The Labute approximate surface area is 110 Å². The minimum atomic E-state index is 0.438. The van der Waals surface area contributed by atoms with E-state index in [1.54, 1.807) is 24.1 Å². The van der Waals surface area contributed by atoms with E-state index in [2.05, 4.69) is 11.2 Å². The highest BCUT2D eigenvalue weighted by atomic mass is 35.5. The molecule has 0 atom stereocenters. The summed E-state index contributed by atoms with van der Waals surface area (Å²) in [4.78, 5) is 0. The Morgan fingerprint density at radius 1 is 1.50 bits per heavy atom. The van der Waals surface area contributed by atoms with Gasteiger partial charge in [-0.1, -0.05) is 11.6 Å². The third-order valence-corrected chi connectivity index (χ3v) is 2.79. The van der Waals surface area contributed by atoms with Gasteiger partial charge < -0.3 is 4.74 Å². The molecule has 0 amide bonds. The summed E-state index contributed by atoms with van der Waals surface area (Å²) in [6, 6.07) is 7.53. The maximum Gasteiger partial charge on any atom is 0.126 e. The summed E-state index contributed by atoms with van der Waals surface area (Å²) in [5.74, 6) is 0.749. The fraction of sp³-hybridized carbons (Fsp3) is 0.231. The van der Waals surface area contributed by atoms with Crippen molar-refractivity contribution in [2.75, 3.05) is 7.11 Å². The first-order valence-electron chi connectivity index (χ1n) is 5.48. The van der Waals surface area contributed by atoms with Crippen LogP contribution in [0.3, 0.4) is 0 Å². The van der Waals surface area contributed by atoms with E-state index >= 15 is 0 Å². The Morgan fingerprint density at radius 2 is 2.33 bits per heavy atom. The van der Waals surface area contributed by atoms with Gasteiger partial charge in [-0.25, -0.2) is 0 Å². The van der Waals surface area contributed by atoms with Crippen molar-refractivity contribution in [3.63, 3.8) is 0 Å². The van der Waals surface area contributed by atoms with Crippen molar-refractivity contribution in [2.45, 2.75) is 13.0 Å². The van der Waals surface area contributed by atoms with Gasteiger partial charge in [0.1, 0.15) is 5.75 Å². The number of rotatable bonds is 4. The number of aryl methyl sites for hydroxylation is 1. The molecular weight excluding hydrogens is 250 g/mol. The lowest BCUT2D eigenvalue weighted by atomic mass is 10.1. The van der Waals surface area contributed by atoms with Gasteiger partial charge in [0.2, 0.25) is 0 Å². The van der Waals surface area contributed by atoms with Crippen LogP contribution in [0.15, 0.2) is 30.6 Å². The average Bonchev–Trinajstić information content (AvgIpc) is 2.85. The van der Waals surface area contributed by atoms with E-state index in [-0.39, 0.29) is 0 Å². The van der Waals surface area contributed by atoms with E-state index in [1.807, 2.05) is 18.3 Å². The highest BCUT2D eigenvalue weighted by Crippen LogP contribution is 2.32. The first kappa shape index (κ1) is 12.5. The molecule has 0 saturated heterocycles. The van der Waals surface area contributed by atoms with Crippen LogP contribution in [0.1, 0.15) is 6.42 Å². The normalized spacial score (nSPS) is 10.1. The molecule has 0 radical (unpaired) electrons. The zero-order valence-electron chi connectivity index (χ0n) is 9.93. The molecule has 0 aliphatic heterocycles. The zero-order chi connectivity index (χ0) is 13.0. The molecule has 0 bridgehead atoms. The summed E-state index contributed by atoms with van der Waals surface area (Å²) >= 11 is 5.99. The Bertz CT molecular complexity index is 586. The van der Waals surface area contributed by atoms with Crippen LogP contribution in [0.25, 0.3) is 11.1 Å². The van der Waals surface area contributed by atoms with Crippen LogP contribution in [-0.2, 0) is 6.54 Å². The third kappa shape index (κ3) is 2.63. The van der Waals surface area contributed by atoms with E-state index in [9.17, 15) is 0 Å². The highest BCUT2D eigenvalue weighted by Gasteiger charge is 2.08. The summed E-state index contributed by atoms with van der Waals surface area (Å²) in [5.41, 5.74) is 1.82. The lowest BCUT2D eigenvalue weighted by Gasteiger charge is -2.06. The highest BCUT2D eigenvalue weighted by molar-refractivity contribution is 6.31. The number of ether oxygens (including phenoxy) is 1. The first-order valence-corrected chi connectivity index (χ1v) is 5.85. The van der Waals surface area contributed by atoms with Crippen LogP contribution in [0.2, 0.25) is 5.02 Å². The SMILES string of the molecule is COc1ccc(Cl)cc1-c1cnn(CCC#N)c1. The molecule has 92 valence electrons. The molecule has 18 heavy (non-hydrogen) atoms. The van der Waals surface area contributed by atoms with Crippen molar-refractivity contribution in [1.82, 2.24) is 9.78 Å². The van der Waals surface area contributed by atoms with Gasteiger partial charge in [-0.3, -0.25) is 4.68 Å². The van der Waals surface area contributed by atoms with E-state index in [4.69, 9.17) is 21.6 Å². The fourth-order valence-electron chi connectivity index (χ4n) is 1.70. The minimum Gasteiger partial charge on any atom is -0.496 e. The quantitative estimate of drug-likeness (QED) is 0.850. The van der Waals surface area contributed by atoms with Gasteiger partial charge in [0.25, 0.3) is 0 Å². The van der Waals surface area contributed by atoms with Gasteiger partial charge in [-0.05, 0) is 18.2 Å². The Morgan fingerprint density at radius 3 is 3.06 bits per heavy atom. The van der Waals surface area contributed by atoms with Crippen molar-refractivity contribution in [3.05, 3.63) is 35.6 Å². The smallest absolute Gasteiger partial charge is 0.126 e. The molecule has 1 aromatic carbocycles. The summed E-state index contributed by atoms with van der Waals surface area (Å²) < 4.78 is 7.03. The summed E-state index contributed by atoms with van der Waals surface area (Å²) in [6.45, 7) is 0.583. The van der Waals surface area contributed by atoms with Crippen LogP contribution >= 0.6 is 11.6 Å². The molecule has 2 aromatic rings. The third-order valence-electron chi connectivity index (χ3n) is 2.56. The van der Waals surface area contributed by atoms with Crippen molar-refractivity contribution in [2.24, 2.45) is 0 Å². The van der Waals surface area contributed by atoms with Gasteiger partial charge in [0, 0.05) is 22.3 Å². The van der Waals surface area contributed by atoms with Crippen LogP contribution in [0, 0.1) is 11.3 Å². The van der Waals surface area contributed by atoms with Gasteiger partial charge in [-0.15, -0.1) is 0 Å². The van der Waals surface area contributed by atoms with E-state index in [1.165, 1.54) is 0 Å². The molecule has 1 aromatic heterocycles. The molecule has 2 rings (SSSR count). The maximum absolute atomic E-state index is 8.54. The second kappa shape index (κ2) is 5.56. The number of hydrogen-bond donors (Lipinski definition) is 0.